The van der Waals surface area contributed by atoms with E-state index in [9.17, 15) is 0 Å². The molecule has 0 fully saturated rings. The SMILES string of the molecule is C=C(O)/C=C/c1c[nH]c2cc(Cl)cc(Cl)c12. The molecule has 0 saturated carbocycles. The van der Waals surface area contributed by atoms with E-state index >= 15 is 0 Å². The van der Waals surface area contributed by atoms with Crippen LogP contribution in [0.2, 0.25) is 10.0 Å². The molecular formula is C12H9Cl2NO. The Morgan fingerprint density at radius 2 is 2.12 bits per heavy atom. The van der Waals surface area contributed by atoms with Crippen LogP contribution in [-0.4, -0.2) is 10.1 Å². The van der Waals surface area contributed by atoms with Crippen LogP contribution in [0.1, 0.15) is 5.56 Å². The number of aromatic amines is 1. The van der Waals surface area contributed by atoms with Gasteiger partial charge in [-0.05, 0) is 24.3 Å². The highest BCUT2D eigenvalue weighted by atomic mass is 35.5. The highest BCUT2D eigenvalue weighted by Gasteiger charge is 2.06. The van der Waals surface area contributed by atoms with Crippen molar-refractivity contribution in [3.05, 3.63) is 52.4 Å². The number of aliphatic hydroxyl groups excluding tert-OH is 1. The van der Waals surface area contributed by atoms with Gasteiger partial charge in [0.15, 0.2) is 0 Å². The third-order valence-electron chi connectivity index (χ3n) is 2.18. The third kappa shape index (κ3) is 2.08. The summed E-state index contributed by atoms with van der Waals surface area (Å²) in [6.07, 6.45) is 5.04. The second-order valence-electron chi connectivity index (χ2n) is 3.38. The lowest BCUT2D eigenvalue weighted by Crippen LogP contribution is -1.74. The first kappa shape index (κ1) is 11.1. The molecule has 0 saturated heterocycles. The number of fused-ring (bicyclic) bond motifs is 1. The molecule has 2 rings (SSSR count). The normalized spacial score (nSPS) is 11.4. The van der Waals surface area contributed by atoms with Gasteiger partial charge in [-0.1, -0.05) is 29.8 Å². The number of rotatable bonds is 2. The van der Waals surface area contributed by atoms with Crippen LogP contribution in [0.3, 0.4) is 0 Å². The zero-order chi connectivity index (χ0) is 11.7. The fraction of sp³-hybridized carbons (Fsp3) is 0. The van der Waals surface area contributed by atoms with E-state index in [2.05, 4.69) is 11.6 Å². The molecule has 0 radical (unpaired) electrons. The predicted octanol–water partition coefficient (Wildman–Crippen LogP) is 4.56. The summed E-state index contributed by atoms with van der Waals surface area (Å²) in [5.74, 6) is -0.000522. The average molecular weight is 254 g/mol. The van der Waals surface area contributed by atoms with E-state index in [1.54, 1.807) is 24.4 Å². The third-order valence-corrected chi connectivity index (χ3v) is 2.70. The number of aromatic nitrogens is 1. The molecule has 0 spiro atoms. The second-order valence-corrected chi connectivity index (χ2v) is 4.22. The zero-order valence-electron chi connectivity index (χ0n) is 8.30. The highest BCUT2D eigenvalue weighted by Crippen LogP contribution is 2.30. The number of hydrogen-bond acceptors (Lipinski definition) is 1. The molecule has 0 aliphatic carbocycles. The lowest BCUT2D eigenvalue weighted by molar-refractivity contribution is 0.436. The van der Waals surface area contributed by atoms with Crippen LogP contribution < -0.4 is 0 Å². The van der Waals surface area contributed by atoms with E-state index in [1.807, 2.05) is 0 Å². The van der Waals surface area contributed by atoms with Crippen LogP contribution in [-0.2, 0) is 0 Å². The van der Waals surface area contributed by atoms with Crippen molar-refractivity contribution in [1.29, 1.82) is 0 Å². The molecule has 0 aliphatic heterocycles. The lowest BCUT2D eigenvalue weighted by Gasteiger charge is -1.97. The number of nitrogens with one attached hydrogen (secondary N) is 1. The zero-order valence-corrected chi connectivity index (χ0v) is 9.81. The Morgan fingerprint density at radius 1 is 1.38 bits per heavy atom. The molecule has 0 aliphatic rings. The molecule has 2 aromatic rings. The molecule has 0 atom stereocenters. The van der Waals surface area contributed by atoms with Gasteiger partial charge in [0, 0.05) is 27.7 Å². The Labute approximate surface area is 103 Å². The van der Waals surface area contributed by atoms with Gasteiger partial charge in [-0.15, -0.1) is 0 Å². The smallest absolute Gasteiger partial charge is 0.108 e. The van der Waals surface area contributed by atoms with Crippen LogP contribution in [0.15, 0.2) is 36.7 Å². The first-order valence-corrected chi connectivity index (χ1v) is 5.35. The molecule has 0 unspecified atom stereocenters. The number of allylic oxidation sites excluding steroid dienone is 1. The van der Waals surface area contributed by atoms with Gasteiger partial charge in [-0.25, -0.2) is 0 Å². The van der Waals surface area contributed by atoms with Crippen molar-refractivity contribution >= 4 is 40.2 Å². The van der Waals surface area contributed by atoms with Gasteiger partial charge < -0.3 is 10.1 Å². The molecule has 82 valence electrons. The van der Waals surface area contributed by atoms with Crippen molar-refractivity contribution < 1.29 is 5.11 Å². The number of benzene rings is 1. The fourth-order valence-electron chi connectivity index (χ4n) is 1.53. The molecule has 2 N–H and O–H groups in total. The highest BCUT2D eigenvalue weighted by molar-refractivity contribution is 6.39. The molecule has 16 heavy (non-hydrogen) atoms. The van der Waals surface area contributed by atoms with Crippen molar-refractivity contribution in [2.75, 3.05) is 0 Å². The van der Waals surface area contributed by atoms with Crippen molar-refractivity contribution in [2.24, 2.45) is 0 Å². The predicted molar refractivity (Wildman–Crippen MR) is 69.1 cm³/mol. The largest absolute Gasteiger partial charge is 0.509 e. The van der Waals surface area contributed by atoms with Crippen molar-refractivity contribution in [2.45, 2.75) is 0 Å². The van der Waals surface area contributed by atoms with Gasteiger partial charge in [-0.3, -0.25) is 0 Å². The van der Waals surface area contributed by atoms with E-state index in [4.69, 9.17) is 28.3 Å². The first-order chi connectivity index (χ1) is 7.58. The molecule has 1 aromatic heterocycles. The minimum Gasteiger partial charge on any atom is -0.509 e. The average Bonchev–Trinajstić information content (AvgIpc) is 2.57. The van der Waals surface area contributed by atoms with E-state index in [0.717, 1.165) is 16.5 Å². The minimum atomic E-state index is -0.000522. The van der Waals surface area contributed by atoms with Gasteiger partial charge in [0.2, 0.25) is 0 Å². The second kappa shape index (κ2) is 4.24. The van der Waals surface area contributed by atoms with Gasteiger partial charge in [0.05, 0.1) is 5.02 Å². The van der Waals surface area contributed by atoms with Crippen LogP contribution in [0.4, 0.5) is 0 Å². The summed E-state index contributed by atoms with van der Waals surface area (Å²) >= 11 is 12.0. The number of halogens is 2. The van der Waals surface area contributed by atoms with Crippen molar-refractivity contribution in [3.8, 4) is 0 Å². The van der Waals surface area contributed by atoms with Crippen LogP contribution in [0.5, 0.6) is 0 Å². The van der Waals surface area contributed by atoms with E-state index in [0.29, 0.717) is 10.0 Å². The lowest BCUT2D eigenvalue weighted by atomic mass is 10.1. The molecule has 1 heterocycles. The Hall–Kier alpha value is -1.38. The van der Waals surface area contributed by atoms with Crippen molar-refractivity contribution in [3.63, 3.8) is 0 Å². The maximum absolute atomic E-state index is 8.99. The Morgan fingerprint density at radius 3 is 2.81 bits per heavy atom. The maximum atomic E-state index is 8.99. The summed E-state index contributed by atoms with van der Waals surface area (Å²) < 4.78 is 0. The maximum Gasteiger partial charge on any atom is 0.108 e. The van der Waals surface area contributed by atoms with E-state index < -0.39 is 0 Å². The minimum absolute atomic E-state index is 0.000522. The quantitative estimate of drug-likeness (QED) is 0.598. The molecular weight excluding hydrogens is 245 g/mol. The summed E-state index contributed by atoms with van der Waals surface area (Å²) in [5, 5.41) is 11.0. The van der Waals surface area contributed by atoms with Gasteiger partial charge in [0.25, 0.3) is 0 Å². The molecule has 4 heteroatoms. The van der Waals surface area contributed by atoms with E-state index in [1.165, 1.54) is 6.08 Å². The fourth-order valence-corrected chi connectivity index (χ4v) is 2.13. The summed E-state index contributed by atoms with van der Waals surface area (Å²) in [4.78, 5) is 3.06. The molecule has 2 nitrogen and oxygen atoms in total. The molecule has 1 aromatic carbocycles. The summed E-state index contributed by atoms with van der Waals surface area (Å²) in [6, 6.07) is 3.48. The van der Waals surface area contributed by atoms with Crippen LogP contribution in [0, 0.1) is 0 Å². The van der Waals surface area contributed by atoms with Crippen LogP contribution >= 0.6 is 23.2 Å². The molecule has 0 amide bonds. The van der Waals surface area contributed by atoms with Gasteiger partial charge >= 0.3 is 0 Å². The number of aliphatic hydroxyl groups is 1. The first-order valence-electron chi connectivity index (χ1n) is 4.60. The Balaban J connectivity index is 2.60. The summed E-state index contributed by atoms with van der Waals surface area (Å²) in [7, 11) is 0. The van der Waals surface area contributed by atoms with Gasteiger partial charge in [0.1, 0.15) is 5.76 Å². The summed E-state index contributed by atoms with van der Waals surface area (Å²) in [5.41, 5.74) is 1.74. The van der Waals surface area contributed by atoms with E-state index in [-0.39, 0.29) is 5.76 Å². The number of H-pyrrole nitrogens is 1. The number of hydrogen-bond donors (Lipinski definition) is 2. The summed E-state index contributed by atoms with van der Waals surface area (Å²) in [6.45, 7) is 3.38. The topological polar surface area (TPSA) is 36.0 Å². The monoisotopic (exact) mass is 253 g/mol. The standard InChI is InChI=1S/C12H9Cl2NO/c1-7(16)2-3-8-6-15-11-5-9(13)4-10(14)12(8)11/h2-6,15-16H,1H2/b3-2+. The Kier molecular flexibility index (Phi) is 2.95. The van der Waals surface area contributed by atoms with Crippen molar-refractivity contribution in [1.82, 2.24) is 4.98 Å². The Bertz CT molecular complexity index is 584. The van der Waals surface area contributed by atoms with Gasteiger partial charge in [-0.2, -0.15) is 0 Å². The molecule has 0 bridgehead atoms. The van der Waals surface area contributed by atoms with Crippen LogP contribution in [0.25, 0.3) is 17.0 Å².